The van der Waals surface area contributed by atoms with Crippen LogP contribution in [-0.2, 0) is 9.53 Å². The highest BCUT2D eigenvalue weighted by molar-refractivity contribution is 5.68. The fourth-order valence-corrected chi connectivity index (χ4v) is 2.77. The van der Waals surface area contributed by atoms with Crippen LogP contribution in [0, 0.1) is 5.92 Å². The van der Waals surface area contributed by atoms with E-state index in [0.29, 0.717) is 6.42 Å². The van der Waals surface area contributed by atoms with Crippen molar-refractivity contribution in [1.29, 1.82) is 0 Å². The van der Waals surface area contributed by atoms with Gasteiger partial charge in [0.1, 0.15) is 0 Å². The monoisotopic (exact) mass is 266 g/mol. The smallest absolute Gasteiger partial charge is 0.305 e. The zero-order valence-corrected chi connectivity index (χ0v) is 12.5. The Hall–Kier alpha value is -0.790. The van der Waals surface area contributed by atoms with Gasteiger partial charge in [0.05, 0.1) is 7.11 Å². The van der Waals surface area contributed by atoms with Crippen LogP contribution in [0.15, 0.2) is 12.2 Å². The van der Waals surface area contributed by atoms with Gasteiger partial charge in [0.15, 0.2) is 0 Å². The van der Waals surface area contributed by atoms with Crippen molar-refractivity contribution in [1.82, 2.24) is 0 Å². The SMILES string of the molecule is COC(=O)CCCCCCCCCC[C@@H]1C=CCC1. The summed E-state index contributed by atoms with van der Waals surface area (Å²) in [5, 5.41) is 0. The van der Waals surface area contributed by atoms with Gasteiger partial charge in [-0.25, -0.2) is 0 Å². The van der Waals surface area contributed by atoms with Crippen molar-refractivity contribution < 1.29 is 9.53 Å². The highest BCUT2D eigenvalue weighted by atomic mass is 16.5. The Morgan fingerprint density at radius 2 is 1.68 bits per heavy atom. The molecular weight excluding hydrogens is 236 g/mol. The highest BCUT2D eigenvalue weighted by Crippen LogP contribution is 2.23. The first-order valence-corrected chi connectivity index (χ1v) is 8.06. The molecule has 0 fully saturated rings. The number of hydrogen-bond acceptors (Lipinski definition) is 2. The van der Waals surface area contributed by atoms with E-state index in [-0.39, 0.29) is 5.97 Å². The van der Waals surface area contributed by atoms with E-state index < -0.39 is 0 Å². The third-order valence-electron chi connectivity index (χ3n) is 4.05. The van der Waals surface area contributed by atoms with Crippen molar-refractivity contribution >= 4 is 5.97 Å². The van der Waals surface area contributed by atoms with Gasteiger partial charge in [-0.2, -0.15) is 0 Å². The molecule has 0 N–H and O–H groups in total. The molecule has 1 atom stereocenters. The summed E-state index contributed by atoms with van der Waals surface area (Å²) in [4.78, 5) is 10.9. The summed E-state index contributed by atoms with van der Waals surface area (Å²) >= 11 is 0. The minimum Gasteiger partial charge on any atom is -0.469 e. The summed E-state index contributed by atoms with van der Waals surface area (Å²) in [6, 6.07) is 0. The third-order valence-corrected chi connectivity index (χ3v) is 4.05. The van der Waals surface area contributed by atoms with Crippen molar-refractivity contribution in [2.75, 3.05) is 7.11 Å². The largest absolute Gasteiger partial charge is 0.469 e. The predicted octanol–water partition coefficient (Wildman–Crippen LogP) is 5.03. The van der Waals surface area contributed by atoms with Crippen LogP contribution in [0.3, 0.4) is 0 Å². The molecule has 19 heavy (non-hydrogen) atoms. The number of unbranched alkanes of at least 4 members (excludes halogenated alkanes) is 7. The van der Waals surface area contributed by atoms with E-state index in [2.05, 4.69) is 16.9 Å². The molecule has 2 heteroatoms. The van der Waals surface area contributed by atoms with Gasteiger partial charge in [-0.05, 0) is 31.6 Å². The molecule has 2 nitrogen and oxygen atoms in total. The molecule has 1 rings (SSSR count). The molecule has 0 radical (unpaired) electrons. The van der Waals surface area contributed by atoms with Gasteiger partial charge < -0.3 is 4.74 Å². The molecule has 110 valence electrons. The van der Waals surface area contributed by atoms with Crippen molar-refractivity contribution in [3.8, 4) is 0 Å². The zero-order valence-electron chi connectivity index (χ0n) is 12.5. The lowest BCUT2D eigenvalue weighted by Gasteiger charge is -2.06. The molecule has 0 aromatic rings. The Bertz CT molecular complexity index is 258. The number of hydrogen-bond donors (Lipinski definition) is 0. The number of ether oxygens (including phenoxy) is 1. The number of esters is 1. The minimum absolute atomic E-state index is 0.0686. The lowest BCUT2D eigenvalue weighted by Crippen LogP contribution is -1.99. The van der Waals surface area contributed by atoms with Gasteiger partial charge in [0, 0.05) is 6.42 Å². The highest BCUT2D eigenvalue weighted by Gasteiger charge is 2.07. The molecule has 0 amide bonds. The van der Waals surface area contributed by atoms with Gasteiger partial charge in [-0.15, -0.1) is 0 Å². The van der Waals surface area contributed by atoms with E-state index in [4.69, 9.17) is 0 Å². The van der Waals surface area contributed by atoms with Crippen LogP contribution < -0.4 is 0 Å². The van der Waals surface area contributed by atoms with Crippen LogP contribution in [0.25, 0.3) is 0 Å². The quantitative estimate of drug-likeness (QED) is 0.298. The maximum absolute atomic E-state index is 10.9. The summed E-state index contributed by atoms with van der Waals surface area (Å²) in [6.45, 7) is 0. The standard InChI is InChI=1S/C17H30O2/c1-19-17(18)15-9-7-5-3-2-4-6-8-12-16-13-10-11-14-16/h10,13,16H,2-9,11-12,14-15H2,1H3/t16-/m1/s1. The predicted molar refractivity (Wildman–Crippen MR) is 80.1 cm³/mol. The summed E-state index contributed by atoms with van der Waals surface area (Å²) in [5.41, 5.74) is 0. The minimum atomic E-state index is -0.0686. The lowest BCUT2D eigenvalue weighted by molar-refractivity contribution is -0.140. The van der Waals surface area contributed by atoms with E-state index in [1.807, 2.05) is 0 Å². The normalized spacial score (nSPS) is 17.8. The maximum atomic E-state index is 10.9. The first kappa shape index (κ1) is 16.3. The molecule has 1 aliphatic rings. The van der Waals surface area contributed by atoms with Gasteiger partial charge >= 0.3 is 5.97 Å². The average molecular weight is 266 g/mol. The van der Waals surface area contributed by atoms with Crippen LogP contribution in [-0.4, -0.2) is 13.1 Å². The Balaban J connectivity index is 1.73. The summed E-state index contributed by atoms with van der Waals surface area (Å²) in [5.74, 6) is 0.819. The van der Waals surface area contributed by atoms with Crippen LogP contribution >= 0.6 is 0 Å². The number of methoxy groups -OCH3 is 1. The second-order valence-electron chi connectivity index (χ2n) is 5.71. The summed E-state index contributed by atoms with van der Waals surface area (Å²) in [6.07, 6.45) is 19.7. The van der Waals surface area contributed by atoms with Crippen molar-refractivity contribution in [2.24, 2.45) is 5.92 Å². The number of rotatable bonds is 11. The fourth-order valence-electron chi connectivity index (χ4n) is 2.77. The van der Waals surface area contributed by atoms with Gasteiger partial charge in [-0.3, -0.25) is 4.79 Å². The van der Waals surface area contributed by atoms with Gasteiger partial charge in [0.25, 0.3) is 0 Å². The molecule has 0 saturated heterocycles. The molecule has 0 spiro atoms. The molecule has 1 aliphatic carbocycles. The van der Waals surface area contributed by atoms with E-state index in [9.17, 15) is 4.79 Å². The maximum Gasteiger partial charge on any atom is 0.305 e. The Morgan fingerprint density at radius 3 is 2.26 bits per heavy atom. The summed E-state index contributed by atoms with van der Waals surface area (Å²) < 4.78 is 4.62. The lowest BCUT2D eigenvalue weighted by atomic mass is 9.99. The van der Waals surface area contributed by atoms with Crippen LogP contribution in [0.2, 0.25) is 0 Å². The van der Waals surface area contributed by atoms with Gasteiger partial charge in [0.2, 0.25) is 0 Å². The van der Waals surface area contributed by atoms with Crippen LogP contribution in [0.5, 0.6) is 0 Å². The van der Waals surface area contributed by atoms with Crippen LogP contribution in [0.1, 0.15) is 77.0 Å². The Kier molecular flexibility index (Phi) is 9.48. The topological polar surface area (TPSA) is 26.3 Å². The van der Waals surface area contributed by atoms with E-state index in [0.717, 1.165) is 12.3 Å². The first-order valence-electron chi connectivity index (χ1n) is 8.06. The number of carbonyl (C=O) groups is 1. The molecule has 0 heterocycles. The number of carbonyl (C=O) groups excluding carboxylic acids is 1. The second kappa shape index (κ2) is 11.1. The van der Waals surface area contributed by atoms with Crippen LogP contribution in [0.4, 0.5) is 0 Å². The van der Waals surface area contributed by atoms with Crippen molar-refractivity contribution in [2.45, 2.75) is 77.0 Å². The summed E-state index contributed by atoms with van der Waals surface area (Å²) in [7, 11) is 1.46. The molecule has 0 saturated carbocycles. The zero-order chi connectivity index (χ0) is 13.8. The number of allylic oxidation sites excluding steroid dienone is 2. The van der Waals surface area contributed by atoms with E-state index in [1.54, 1.807) is 0 Å². The molecule has 0 unspecified atom stereocenters. The molecule has 0 aliphatic heterocycles. The first-order chi connectivity index (χ1) is 9.33. The third kappa shape index (κ3) is 8.85. The molecular formula is C17H30O2. The fraction of sp³-hybridized carbons (Fsp3) is 0.824. The van der Waals surface area contributed by atoms with Crippen molar-refractivity contribution in [3.05, 3.63) is 12.2 Å². The van der Waals surface area contributed by atoms with Gasteiger partial charge in [-0.1, -0.05) is 57.1 Å². The van der Waals surface area contributed by atoms with E-state index in [1.165, 1.54) is 71.3 Å². The second-order valence-corrected chi connectivity index (χ2v) is 5.71. The molecule has 0 aromatic carbocycles. The average Bonchev–Trinajstić information content (AvgIpc) is 2.93. The molecule has 0 aromatic heterocycles. The Morgan fingerprint density at radius 1 is 1.05 bits per heavy atom. The van der Waals surface area contributed by atoms with E-state index >= 15 is 0 Å². The Labute approximate surface area is 118 Å². The molecule has 0 bridgehead atoms. The van der Waals surface area contributed by atoms with Crippen molar-refractivity contribution in [3.63, 3.8) is 0 Å².